The Bertz CT molecular complexity index is 2920. The molecule has 2 aromatic rings. The lowest BCUT2D eigenvalue weighted by Gasteiger charge is -2.51. The van der Waals surface area contributed by atoms with Crippen molar-refractivity contribution in [1.29, 1.82) is 0 Å². The highest BCUT2D eigenvalue weighted by Crippen LogP contribution is 2.80. The molecule has 5 nitrogen and oxygen atoms in total. The average molecular weight is 947 g/mol. The van der Waals surface area contributed by atoms with Crippen LogP contribution in [0.3, 0.4) is 0 Å². The fraction of sp³-hybridized carbons (Fsp3) is 0.576. The lowest BCUT2D eigenvalue weighted by Crippen LogP contribution is -2.57. The molecular weight excluding hydrogens is 865 g/mol. The zero-order chi connectivity index (χ0) is 49.2. The first kappa shape index (κ1) is 45.0. The highest BCUT2D eigenvalue weighted by Gasteiger charge is 2.83. The summed E-state index contributed by atoms with van der Waals surface area (Å²) in [5.41, 5.74) is 20.1. The Morgan fingerprint density at radius 3 is 2.28 bits per heavy atom. The van der Waals surface area contributed by atoms with Gasteiger partial charge in [0.15, 0.2) is 0 Å². The first-order chi connectivity index (χ1) is 33.7. The Balaban J connectivity index is 1.11. The normalized spacial score (nSPS) is 36.3. The molecule has 2 aromatic carbocycles. The minimum atomic E-state index is -0.249. The van der Waals surface area contributed by atoms with E-state index < -0.39 is 0 Å². The van der Waals surface area contributed by atoms with Crippen molar-refractivity contribution < 1.29 is 4.74 Å². The van der Waals surface area contributed by atoms with Crippen molar-refractivity contribution in [2.24, 2.45) is 39.4 Å². The van der Waals surface area contributed by atoms with Crippen LogP contribution in [0.1, 0.15) is 193 Å². The van der Waals surface area contributed by atoms with Crippen molar-refractivity contribution in [2.75, 3.05) is 11.4 Å². The fourth-order valence-corrected chi connectivity index (χ4v) is 17.6. The van der Waals surface area contributed by atoms with Crippen molar-refractivity contribution in [3.05, 3.63) is 152 Å². The smallest absolute Gasteiger partial charge is 0.127 e. The van der Waals surface area contributed by atoms with E-state index in [-0.39, 0.29) is 51.7 Å². The summed E-state index contributed by atoms with van der Waals surface area (Å²) in [6.45, 7) is 33.6. The Labute approximate surface area is 427 Å². The summed E-state index contributed by atoms with van der Waals surface area (Å²) < 4.78 is 7.89. The van der Waals surface area contributed by atoms with E-state index in [2.05, 4.69) is 195 Å². The molecule has 11 atom stereocenters. The van der Waals surface area contributed by atoms with Crippen LogP contribution in [0.2, 0.25) is 0 Å². The SMILES string of the molecule is CC(C)c1cccc(C(C)C)c1C1CN2C3=CC(=CC(C(C)(C)C)C3)C(C)(C)CC(C)(C3=CCCCC3)C3=CN4C(C3)N3c5c(ccc6c5C45C4C7=C(C=C(C(C)(C)C)CC7O6)N1C2C45)C1C=CC=CC13. The Kier molecular flexibility index (Phi) is 9.23. The molecular formula is C66H82N4O. The molecule has 71 heavy (non-hydrogen) atoms. The van der Waals surface area contributed by atoms with Gasteiger partial charge in [-0.05, 0) is 124 Å². The van der Waals surface area contributed by atoms with Crippen LogP contribution in [0.25, 0.3) is 0 Å². The summed E-state index contributed by atoms with van der Waals surface area (Å²) in [4.78, 5) is 12.2. The van der Waals surface area contributed by atoms with Gasteiger partial charge in [-0.15, -0.1) is 0 Å². The van der Waals surface area contributed by atoms with Crippen molar-refractivity contribution in [3.8, 4) is 5.75 Å². The molecule has 14 rings (SSSR count). The Morgan fingerprint density at radius 1 is 0.817 bits per heavy atom. The average Bonchev–Trinajstić information content (AvgIpc) is 3.59. The van der Waals surface area contributed by atoms with Gasteiger partial charge in [0.2, 0.25) is 0 Å². The molecule has 0 N–H and O–H groups in total. The van der Waals surface area contributed by atoms with E-state index in [9.17, 15) is 0 Å². The molecule has 0 radical (unpaired) electrons. The number of anilines is 1. The molecule has 11 unspecified atom stereocenters. The maximum atomic E-state index is 7.89. The summed E-state index contributed by atoms with van der Waals surface area (Å²) in [5.74, 6) is 3.45. The van der Waals surface area contributed by atoms with E-state index in [1.165, 1.54) is 64.9 Å². The molecule has 7 heterocycles. The minimum Gasteiger partial charge on any atom is -0.485 e. The van der Waals surface area contributed by atoms with Gasteiger partial charge >= 0.3 is 0 Å². The van der Waals surface area contributed by atoms with Crippen LogP contribution in [0.5, 0.6) is 5.75 Å². The Morgan fingerprint density at radius 2 is 1.58 bits per heavy atom. The summed E-state index contributed by atoms with van der Waals surface area (Å²) in [6, 6.07) is 12.8. The number of allylic oxidation sites excluding steroid dienone is 9. The number of hydrogen-bond acceptors (Lipinski definition) is 5. The molecule has 4 bridgehead atoms. The fourth-order valence-electron chi connectivity index (χ4n) is 17.6. The van der Waals surface area contributed by atoms with E-state index >= 15 is 0 Å². The van der Waals surface area contributed by atoms with E-state index in [1.807, 2.05) is 0 Å². The summed E-state index contributed by atoms with van der Waals surface area (Å²) in [7, 11) is 0. The molecule has 372 valence electrons. The van der Waals surface area contributed by atoms with Crippen LogP contribution < -0.4 is 9.64 Å². The van der Waals surface area contributed by atoms with Crippen molar-refractivity contribution in [1.82, 2.24) is 14.7 Å². The third-order valence-corrected chi connectivity index (χ3v) is 21.1. The number of nitrogens with zero attached hydrogens (tertiary/aromatic N) is 4. The van der Waals surface area contributed by atoms with Gasteiger partial charge in [0, 0.05) is 71.3 Å². The van der Waals surface area contributed by atoms with Crippen molar-refractivity contribution >= 4 is 5.69 Å². The standard InChI is InChI=1S/C66H82N4O/c1-37(2)45-23-19-24-46(38(3)4)55(45)51-35-67-44-29-40(62(5,6)7)28-42(30-44)64(11,12)36-65(13,39-20-15-14-16-21-39)43-33-54-68(34-43)66-57-52(27-26-48-47-22-17-18-25-49(47)70(54)60(48)57)71-53-32-41(63(8,9)10)31-50-56(53)58(66)59(66)61(67)69(50)51/h17-20,22-28,30-31,34,37-38,40,47,49,51,53-54,58-59,61H,14-16,21,29,32-33,35-36H2,1-13H3. The maximum Gasteiger partial charge on any atom is 0.127 e. The van der Waals surface area contributed by atoms with Gasteiger partial charge in [-0.1, -0.05) is 162 Å². The molecule has 7 aliphatic heterocycles. The summed E-state index contributed by atoms with van der Waals surface area (Å²) >= 11 is 0. The number of rotatable bonds is 4. The topological polar surface area (TPSA) is 22.2 Å². The predicted octanol–water partition coefficient (Wildman–Crippen LogP) is 15.6. The highest BCUT2D eigenvalue weighted by molar-refractivity contribution is 5.80. The van der Waals surface area contributed by atoms with Gasteiger partial charge < -0.3 is 24.3 Å². The largest absolute Gasteiger partial charge is 0.485 e. The van der Waals surface area contributed by atoms with Gasteiger partial charge in [-0.3, -0.25) is 0 Å². The molecule has 1 spiro atoms. The van der Waals surface area contributed by atoms with Gasteiger partial charge in [-0.25, -0.2) is 0 Å². The molecule has 12 aliphatic rings. The van der Waals surface area contributed by atoms with Crippen LogP contribution in [0.15, 0.2) is 124 Å². The van der Waals surface area contributed by atoms with Gasteiger partial charge in [0.05, 0.1) is 23.3 Å². The molecule has 0 amide bonds. The third kappa shape index (κ3) is 5.87. The van der Waals surface area contributed by atoms with Crippen LogP contribution in [0, 0.1) is 39.4 Å². The predicted molar refractivity (Wildman–Crippen MR) is 291 cm³/mol. The number of benzene rings is 2. The lowest BCUT2D eigenvalue weighted by atomic mass is 9.60. The third-order valence-electron chi connectivity index (χ3n) is 21.1. The second-order valence-electron chi connectivity index (χ2n) is 28.2. The van der Waals surface area contributed by atoms with Crippen LogP contribution in [-0.2, 0) is 5.54 Å². The molecule has 1 saturated carbocycles. The van der Waals surface area contributed by atoms with Crippen LogP contribution in [-0.4, -0.2) is 45.7 Å². The molecule has 0 aromatic heterocycles. The summed E-state index contributed by atoms with van der Waals surface area (Å²) in [6.07, 6.45) is 33.2. The minimum absolute atomic E-state index is 0.00103. The van der Waals surface area contributed by atoms with Crippen molar-refractivity contribution in [2.45, 2.75) is 195 Å². The summed E-state index contributed by atoms with van der Waals surface area (Å²) in [5, 5.41) is 0. The zero-order valence-corrected chi connectivity index (χ0v) is 45.5. The highest BCUT2D eigenvalue weighted by atomic mass is 16.5. The van der Waals surface area contributed by atoms with E-state index in [4.69, 9.17) is 4.74 Å². The lowest BCUT2D eigenvalue weighted by molar-refractivity contribution is 0.0860. The van der Waals surface area contributed by atoms with E-state index in [0.29, 0.717) is 41.5 Å². The Hall–Kier alpha value is -4.64. The quantitative estimate of drug-likeness (QED) is 0.284. The second kappa shape index (κ2) is 14.6. The first-order valence-corrected chi connectivity index (χ1v) is 28.5. The number of hydrogen-bond donors (Lipinski definition) is 0. The van der Waals surface area contributed by atoms with Crippen LogP contribution >= 0.6 is 0 Å². The molecule has 5 aliphatic carbocycles. The molecule has 1 saturated heterocycles. The van der Waals surface area contributed by atoms with Crippen molar-refractivity contribution in [3.63, 3.8) is 0 Å². The van der Waals surface area contributed by atoms with Gasteiger partial charge in [0.25, 0.3) is 0 Å². The molecule has 2 fully saturated rings. The molecule has 5 heteroatoms. The van der Waals surface area contributed by atoms with Gasteiger partial charge in [-0.2, -0.15) is 0 Å². The zero-order valence-electron chi connectivity index (χ0n) is 45.5. The number of ether oxygens (including phenoxy) is 1. The van der Waals surface area contributed by atoms with E-state index in [0.717, 1.165) is 38.0 Å². The first-order valence-electron chi connectivity index (χ1n) is 28.5. The second-order valence-corrected chi connectivity index (χ2v) is 28.2. The van der Waals surface area contributed by atoms with Gasteiger partial charge in [0.1, 0.15) is 24.2 Å². The monoisotopic (exact) mass is 947 g/mol. The number of fused-ring (bicyclic) bond motifs is 7. The maximum absolute atomic E-state index is 7.89. The van der Waals surface area contributed by atoms with Crippen LogP contribution in [0.4, 0.5) is 5.69 Å². The van der Waals surface area contributed by atoms with E-state index in [1.54, 1.807) is 33.6 Å².